The van der Waals surface area contributed by atoms with Crippen LogP contribution in [0.3, 0.4) is 0 Å². The number of hydrogen-bond donors (Lipinski definition) is 1. The van der Waals surface area contributed by atoms with E-state index >= 15 is 0 Å². The van der Waals surface area contributed by atoms with Crippen LogP contribution in [0.2, 0.25) is 5.02 Å². The van der Waals surface area contributed by atoms with E-state index in [1.807, 2.05) is 60.0 Å². The number of rotatable bonds is 6. The minimum atomic E-state index is -0.126. The molecule has 2 heterocycles. The van der Waals surface area contributed by atoms with Crippen LogP contribution in [0.4, 0.5) is 5.13 Å². The Morgan fingerprint density at radius 1 is 1.21 bits per heavy atom. The van der Waals surface area contributed by atoms with Gasteiger partial charge in [0.05, 0.1) is 16.0 Å². The molecule has 0 aliphatic carbocycles. The number of benzene rings is 2. The molecule has 0 unspecified atom stereocenters. The number of fused-ring (bicyclic) bond motifs is 1. The lowest BCUT2D eigenvalue weighted by Crippen LogP contribution is -2.14. The molecule has 0 atom stereocenters. The smallest absolute Gasteiger partial charge is 0.236 e. The van der Waals surface area contributed by atoms with E-state index in [-0.39, 0.29) is 11.7 Å². The largest absolute Gasteiger partial charge is 0.302 e. The fourth-order valence-corrected chi connectivity index (χ4v) is 4.61. The number of amides is 1. The number of anilines is 1. The average molecular weight is 430 g/mol. The molecule has 0 aliphatic heterocycles. The molecule has 28 heavy (non-hydrogen) atoms. The van der Waals surface area contributed by atoms with Gasteiger partial charge in [-0.15, -0.1) is 10.2 Å². The molecule has 9 heteroatoms. The fourth-order valence-electron chi connectivity index (χ4n) is 2.73. The Morgan fingerprint density at radius 2 is 2.07 bits per heavy atom. The summed E-state index contributed by atoms with van der Waals surface area (Å²) in [6.45, 7) is 2.71. The summed E-state index contributed by atoms with van der Waals surface area (Å²) in [7, 11) is 0. The summed E-state index contributed by atoms with van der Waals surface area (Å²) >= 11 is 8.89. The molecule has 2 aromatic carbocycles. The SMILES string of the molecule is CCn1c(SCC(=O)Nc2nc3ccccc3s2)nnc1-c1cccc(Cl)c1. The Kier molecular flexibility index (Phi) is 5.61. The molecule has 0 radical (unpaired) electrons. The first-order chi connectivity index (χ1) is 13.6. The maximum Gasteiger partial charge on any atom is 0.236 e. The van der Waals surface area contributed by atoms with Crippen LogP contribution in [0.25, 0.3) is 21.6 Å². The van der Waals surface area contributed by atoms with Gasteiger partial charge in [0.15, 0.2) is 16.1 Å². The molecule has 0 fully saturated rings. The lowest BCUT2D eigenvalue weighted by Gasteiger charge is -2.07. The molecule has 0 saturated carbocycles. The highest BCUT2D eigenvalue weighted by atomic mass is 35.5. The van der Waals surface area contributed by atoms with Crippen molar-refractivity contribution >= 4 is 56.0 Å². The number of carbonyl (C=O) groups is 1. The lowest BCUT2D eigenvalue weighted by molar-refractivity contribution is -0.113. The van der Waals surface area contributed by atoms with Crippen molar-refractivity contribution in [2.24, 2.45) is 0 Å². The molecule has 6 nitrogen and oxygen atoms in total. The topological polar surface area (TPSA) is 72.7 Å². The number of para-hydroxylation sites is 1. The van der Waals surface area contributed by atoms with Gasteiger partial charge in [0.1, 0.15) is 0 Å². The number of aromatic nitrogens is 4. The monoisotopic (exact) mass is 429 g/mol. The number of thiazole rings is 1. The Hall–Kier alpha value is -2.42. The zero-order valence-electron chi connectivity index (χ0n) is 14.9. The first-order valence-corrected chi connectivity index (χ1v) is 10.8. The van der Waals surface area contributed by atoms with Gasteiger partial charge in [0.25, 0.3) is 0 Å². The number of nitrogens with one attached hydrogen (secondary N) is 1. The van der Waals surface area contributed by atoms with Crippen LogP contribution < -0.4 is 5.32 Å². The molecular formula is C19H16ClN5OS2. The van der Waals surface area contributed by atoms with Crippen LogP contribution in [-0.2, 0) is 11.3 Å². The van der Waals surface area contributed by atoms with E-state index in [4.69, 9.17) is 11.6 Å². The summed E-state index contributed by atoms with van der Waals surface area (Å²) in [5.41, 5.74) is 1.78. The minimum absolute atomic E-state index is 0.126. The third-order valence-electron chi connectivity index (χ3n) is 3.99. The molecule has 1 amide bonds. The van der Waals surface area contributed by atoms with Crippen LogP contribution >= 0.6 is 34.7 Å². The highest BCUT2D eigenvalue weighted by molar-refractivity contribution is 7.99. The van der Waals surface area contributed by atoms with E-state index in [0.29, 0.717) is 21.9 Å². The van der Waals surface area contributed by atoms with E-state index in [2.05, 4.69) is 20.5 Å². The Labute approximate surface area is 175 Å². The van der Waals surface area contributed by atoms with Crippen molar-refractivity contribution in [1.29, 1.82) is 0 Å². The average Bonchev–Trinajstić information content (AvgIpc) is 3.29. The summed E-state index contributed by atoms with van der Waals surface area (Å²) in [6, 6.07) is 15.3. The molecule has 4 rings (SSSR count). The first kappa shape index (κ1) is 18.9. The summed E-state index contributed by atoms with van der Waals surface area (Å²) in [6.07, 6.45) is 0. The van der Waals surface area contributed by atoms with Crippen molar-refractivity contribution in [3.8, 4) is 11.4 Å². The second kappa shape index (κ2) is 8.30. The van der Waals surface area contributed by atoms with E-state index in [1.165, 1.54) is 23.1 Å². The molecular weight excluding hydrogens is 414 g/mol. The molecule has 4 aromatic rings. The van der Waals surface area contributed by atoms with Gasteiger partial charge in [-0.05, 0) is 31.2 Å². The lowest BCUT2D eigenvalue weighted by atomic mass is 10.2. The van der Waals surface area contributed by atoms with Crippen LogP contribution in [-0.4, -0.2) is 31.4 Å². The Balaban J connectivity index is 1.45. The second-order valence-corrected chi connectivity index (χ2v) is 8.29. The zero-order chi connectivity index (χ0) is 19.5. The second-order valence-electron chi connectivity index (χ2n) is 5.88. The maximum absolute atomic E-state index is 12.3. The van der Waals surface area contributed by atoms with E-state index in [9.17, 15) is 4.79 Å². The normalized spacial score (nSPS) is 11.1. The van der Waals surface area contributed by atoms with Gasteiger partial charge in [0.2, 0.25) is 5.91 Å². The summed E-state index contributed by atoms with van der Waals surface area (Å²) in [4.78, 5) is 16.8. The van der Waals surface area contributed by atoms with Gasteiger partial charge < -0.3 is 9.88 Å². The fraction of sp³-hybridized carbons (Fsp3) is 0.158. The molecule has 0 bridgehead atoms. The first-order valence-electron chi connectivity index (χ1n) is 8.61. The van der Waals surface area contributed by atoms with E-state index in [1.54, 1.807) is 0 Å². The quantitative estimate of drug-likeness (QED) is 0.438. The van der Waals surface area contributed by atoms with Crippen molar-refractivity contribution in [3.63, 3.8) is 0 Å². The highest BCUT2D eigenvalue weighted by Gasteiger charge is 2.15. The third kappa shape index (κ3) is 4.04. The van der Waals surface area contributed by atoms with E-state index < -0.39 is 0 Å². The van der Waals surface area contributed by atoms with Crippen molar-refractivity contribution < 1.29 is 4.79 Å². The molecule has 2 aromatic heterocycles. The number of nitrogens with zero attached hydrogens (tertiary/aromatic N) is 4. The predicted molar refractivity (Wildman–Crippen MR) is 115 cm³/mol. The molecule has 0 saturated heterocycles. The Bertz CT molecular complexity index is 1110. The molecule has 0 spiro atoms. The molecule has 142 valence electrons. The third-order valence-corrected chi connectivity index (χ3v) is 6.14. The number of hydrogen-bond acceptors (Lipinski definition) is 6. The van der Waals surface area contributed by atoms with Crippen molar-refractivity contribution in [2.45, 2.75) is 18.6 Å². The van der Waals surface area contributed by atoms with Crippen molar-refractivity contribution in [3.05, 3.63) is 53.6 Å². The number of halogens is 1. The van der Waals surface area contributed by atoms with Crippen LogP contribution in [0.5, 0.6) is 0 Å². The van der Waals surface area contributed by atoms with Crippen molar-refractivity contribution in [1.82, 2.24) is 19.7 Å². The number of thioether (sulfide) groups is 1. The maximum atomic E-state index is 12.3. The minimum Gasteiger partial charge on any atom is -0.302 e. The Morgan fingerprint density at radius 3 is 2.86 bits per heavy atom. The van der Waals surface area contributed by atoms with Gasteiger partial charge >= 0.3 is 0 Å². The van der Waals surface area contributed by atoms with Crippen LogP contribution in [0, 0.1) is 0 Å². The van der Waals surface area contributed by atoms with Crippen molar-refractivity contribution in [2.75, 3.05) is 11.1 Å². The standard InChI is InChI=1S/C19H16ClN5OS2/c1-2-25-17(12-6-5-7-13(20)10-12)23-24-19(25)27-11-16(26)22-18-21-14-8-3-4-9-15(14)28-18/h3-10H,2,11H2,1H3,(H,21,22,26). The summed E-state index contributed by atoms with van der Waals surface area (Å²) < 4.78 is 3.02. The van der Waals surface area contributed by atoms with Gasteiger partial charge in [-0.1, -0.05) is 59.0 Å². The predicted octanol–water partition coefficient (Wildman–Crippen LogP) is 4.96. The van der Waals surface area contributed by atoms with Crippen LogP contribution in [0.15, 0.2) is 53.7 Å². The highest BCUT2D eigenvalue weighted by Crippen LogP contribution is 2.27. The summed E-state index contributed by atoms with van der Waals surface area (Å²) in [5, 5.41) is 13.3. The van der Waals surface area contributed by atoms with Crippen LogP contribution in [0.1, 0.15) is 6.92 Å². The molecule has 1 N–H and O–H groups in total. The van der Waals surface area contributed by atoms with Gasteiger partial charge in [-0.3, -0.25) is 4.79 Å². The van der Waals surface area contributed by atoms with Gasteiger partial charge in [0, 0.05) is 17.1 Å². The number of carbonyl (C=O) groups excluding carboxylic acids is 1. The zero-order valence-corrected chi connectivity index (χ0v) is 17.3. The summed E-state index contributed by atoms with van der Waals surface area (Å²) in [5.74, 6) is 0.835. The molecule has 0 aliphatic rings. The van der Waals surface area contributed by atoms with E-state index in [0.717, 1.165) is 21.6 Å². The van der Waals surface area contributed by atoms with Gasteiger partial charge in [-0.25, -0.2) is 4.98 Å². The van der Waals surface area contributed by atoms with Gasteiger partial charge in [-0.2, -0.15) is 0 Å².